The average Bonchev–Trinajstić information content (AvgIpc) is 2.25. The number of unbranched alkanes of at least 4 members (excludes halogenated alkanes) is 3. The van der Waals surface area contributed by atoms with Crippen molar-refractivity contribution in [2.45, 2.75) is 32.6 Å². The summed E-state index contributed by atoms with van der Waals surface area (Å²) in [5.74, 6) is 2.96. The van der Waals surface area contributed by atoms with Crippen LogP contribution in [-0.4, -0.2) is 5.87 Å². The summed E-state index contributed by atoms with van der Waals surface area (Å²) in [6, 6.07) is 9.92. The Morgan fingerprint density at radius 2 is 2.00 bits per heavy atom. The van der Waals surface area contributed by atoms with Gasteiger partial charge in [0.15, 0.2) is 0 Å². The lowest BCUT2D eigenvalue weighted by Gasteiger charge is -1.89. The summed E-state index contributed by atoms with van der Waals surface area (Å²) < 4.78 is 0. The van der Waals surface area contributed by atoms with Crippen LogP contribution in [0, 0.1) is 0 Å². The van der Waals surface area contributed by atoms with E-state index < -0.39 is 0 Å². The molecule has 0 N–H and O–H groups in total. The Kier molecular flexibility index (Phi) is 5.46. The molecule has 0 unspecified atom stereocenters. The lowest BCUT2D eigenvalue weighted by atomic mass is 10.2. The molecule has 0 radical (unpaired) electrons. The van der Waals surface area contributed by atoms with Gasteiger partial charge in [0, 0.05) is 0 Å². The molecule has 0 saturated heterocycles. The molecule has 1 aromatic carbocycles. The van der Waals surface area contributed by atoms with E-state index in [1.54, 1.807) is 0 Å². The van der Waals surface area contributed by atoms with Gasteiger partial charge in [0.2, 0.25) is 0 Å². The first-order chi connectivity index (χ1) is 6.93. The minimum atomic E-state index is 0.972. The van der Waals surface area contributed by atoms with Crippen molar-refractivity contribution >= 4 is 11.6 Å². The lowest BCUT2D eigenvalue weighted by Crippen LogP contribution is -1.70. The van der Waals surface area contributed by atoms with Crippen LogP contribution in [0.15, 0.2) is 41.4 Å². The molecule has 1 rings (SSSR count). The topological polar surface area (TPSA) is 12.4 Å². The number of aliphatic imine (C=N–C) groups is 1. The van der Waals surface area contributed by atoms with Crippen molar-refractivity contribution in [3.63, 3.8) is 0 Å². The molecule has 0 aliphatic heterocycles. The Bertz CT molecular complexity index is 294. The zero-order valence-electron chi connectivity index (χ0n) is 8.74. The van der Waals surface area contributed by atoms with Gasteiger partial charge in [-0.25, -0.2) is 4.99 Å². The van der Waals surface area contributed by atoms with Crippen LogP contribution in [0.1, 0.15) is 32.6 Å². The molecule has 1 nitrogen and oxygen atoms in total. The number of benzene rings is 1. The average molecular weight is 187 g/mol. The van der Waals surface area contributed by atoms with Crippen LogP contribution in [0.4, 0.5) is 5.69 Å². The lowest BCUT2D eigenvalue weighted by molar-refractivity contribution is 0.731. The molecule has 0 heterocycles. The van der Waals surface area contributed by atoms with E-state index in [9.17, 15) is 0 Å². The van der Waals surface area contributed by atoms with E-state index in [-0.39, 0.29) is 0 Å². The predicted molar refractivity (Wildman–Crippen MR) is 62.2 cm³/mol. The van der Waals surface area contributed by atoms with Crippen LogP contribution in [0.3, 0.4) is 0 Å². The monoisotopic (exact) mass is 187 g/mol. The van der Waals surface area contributed by atoms with E-state index in [1.807, 2.05) is 36.4 Å². The minimum Gasteiger partial charge on any atom is -0.207 e. The van der Waals surface area contributed by atoms with Gasteiger partial charge in [-0.3, -0.25) is 0 Å². The minimum absolute atomic E-state index is 0.972. The van der Waals surface area contributed by atoms with Crippen LogP contribution < -0.4 is 0 Å². The van der Waals surface area contributed by atoms with Gasteiger partial charge in [0.25, 0.3) is 0 Å². The van der Waals surface area contributed by atoms with Crippen molar-refractivity contribution in [3.05, 3.63) is 36.4 Å². The third-order valence-electron chi connectivity index (χ3n) is 1.99. The quantitative estimate of drug-likeness (QED) is 0.485. The summed E-state index contributed by atoms with van der Waals surface area (Å²) in [7, 11) is 0. The summed E-state index contributed by atoms with van der Waals surface area (Å²) in [6.07, 6.45) is 6.91. The van der Waals surface area contributed by atoms with Gasteiger partial charge in [0.05, 0.1) is 5.69 Å². The second kappa shape index (κ2) is 7.11. The van der Waals surface area contributed by atoms with E-state index in [2.05, 4.69) is 17.8 Å². The van der Waals surface area contributed by atoms with E-state index in [0.717, 1.165) is 12.1 Å². The summed E-state index contributed by atoms with van der Waals surface area (Å²) in [5.41, 5.74) is 0.972. The highest BCUT2D eigenvalue weighted by Gasteiger charge is 1.82. The van der Waals surface area contributed by atoms with Gasteiger partial charge >= 0.3 is 0 Å². The normalized spacial score (nSPS) is 9.21. The van der Waals surface area contributed by atoms with Gasteiger partial charge in [-0.15, -0.1) is 0 Å². The van der Waals surface area contributed by atoms with Gasteiger partial charge in [-0.1, -0.05) is 38.0 Å². The molecule has 0 bridgehead atoms. The molecule has 0 spiro atoms. The van der Waals surface area contributed by atoms with E-state index in [0.29, 0.717) is 0 Å². The van der Waals surface area contributed by atoms with Crippen LogP contribution in [0.5, 0.6) is 0 Å². The van der Waals surface area contributed by atoms with E-state index >= 15 is 0 Å². The Balaban J connectivity index is 2.33. The van der Waals surface area contributed by atoms with Crippen molar-refractivity contribution in [1.29, 1.82) is 0 Å². The summed E-state index contributed by atoms with van der Waals surface area (Å²) >= 11 is 0. The van der Waals surface area contributed by atoms with Gasteiger partial charge < -0.3 is 0 Å². The smallest absolute Gasteiger partial charge is 0.0729 e. The fourth-order valence-corrected chi connectivity index (χ4v) is 1.18. The second-order valence-electron chi connectivity index (χ2n) is 3.28. The number of hydrogen-bond acceptors (Lipinski definition) is 1. The molecule has 1 aromatic rings. The van der Waals surface area contributed by atoms with Crippen molar-refractivity contribution in [3.8, 4) is 0 Å². The zero-order valence-corrected chi connectivity index (χ0v) is 8.74. The summed E-state index contributed by atoms with van der Waals surface area (Å²) in [4.78, 5) is 4.20. The third kappa shape index (κ3) is 4.64. The highest BCUT2D eigenvalue weighted by Crippen LogP contribution is 2.07. The molecule has 0 amide bonds. The molecule has 14 heavy (non-hydrogen) atoms. The molecule has 0 fully saturated rings. The Labute approximate surface area is 86.2 Å². The summed E-state index contributed by atoms with van der Waals surface area (Å²) in [5, 5.41) is 0. The Morgan fingerprint density at radius 3 is 2.71 bits per heavy atom. The zero-order chi connectivity index (χ0) is 10.1. The maximum Gasteiger partial charge on any atom is 0.0729 e. The van der Waals surface area contributed by atoms with E-state index in [4.69, 9.17) is 0 Å². The first-order valence-corrected chi connectivity index (χ1v) is 5.26. The first-order valence-electron chi connectivity index (χ1n) is 5.26. The van der Waals surface area contributed by atoms with Crippen LogP contribution in [-0.2, 0) is 0 Å². The van der Waals surface area contributed by atoms with Crippen LogP contribution in [0.25, 0.3) is 0 Å². The number of allylic oxidation sites excluding steroid dienone is 1. The maximum atomic E-state index is 4.20. The van der Waals surface area contributed by atoms with Gasteiger partial charge in [-0.2, -0.15) is 0 Å². The molecule has 0 saturated carbocycles. The molecule has 0 aromatic heterocycles. The molecule has 0 aliphatic rings. The SMILES string of the molecule is CCCCCC=C=Nc1ccccc1. The van der Waals surface area contributed by atoms with Crippen molar-refractivity contribution in [1.82, 2.24) is 0 Å². The molecule has 0 aliphatic carbocycles. The highest BCUT2D eigenvalue weighted by atomic mass is 14.7. The van der Waals surface area contributed by atoms with Gasteiger partial charge in [-0.05, 0) is 36.9 Å². The number of rotatable bonds is 5. The van der Waals surface area contributed by atoms with E-state index in [1.165, 1.54) is 19.3 Å². The Morgan fingerprint density at radius 1 is 1.21 bits per heavy atom. The van der Waals surface area contributed by atoms with Crippen LogP contribution >= 0.6 is 0 Å². The standard InChI is InChI=1S/C13H17N/c1-2-3-4-5-9-12-14-13-10-7-6-8-11-13/h6-11H,2-5H2,1H3. The first kappa shape index (κ1) is 10.7. The second-order valence-corrected chi connectivity index (χ2v) is 3.28. The number of nitrogens with zero attached hydrogens (tertiary/aromatic N) is 1. The van der Waals surface area contributed by atoms with Crippen molar-refractivity contribution in [2.24, 2.45) is 4.99 Å². The van der Waals surface area contributed by atoms with Gasteiger partial charge in [0.1, 0.15) is 0 Å². The molecular weight excluding hydrogens is 170 g/mol. The Hall–Kier alpha value is -1.33. The van der Waals surface area contributed by atoms with Crippen molar-refractivity contribution < 1.29 is 0 Å². The molecule has 74 valence electrons. The number of hydrogen-bond donors (Lipinski definition) is 0. The molecule has 0 atom stereocenters. The van der Waals surface area contributed by atoms with Crippen molar-refractivity contribution in [2.75, 3.05) is 0 Å². The molecule has 1 heteroatoms. The maximum absolute atomic E-state index is 4.20. The van der Waals surface area contributed by atoms with Crippen LogP contribution in [0.2, 0.25) is 0 Å². The fraction of sp³-hybridized carbons (Fsp3) is 0.385. The fourth-order valence-electron chi connectivity index (χ4n) is 1.18. The third-order valence-corrected chi connectivity index (χ3v) is 1.99. The number of para-hydroxylation sites is 1. The largest absolute Gasteiger partial charge is 0.207 e. The summed E-state index contributed by atoms with van der Waals surface area (Å²) in [6.45, 7) is 2.21. The molecular formula is C13H17N. The highest BCUT2D eigenvalue weighted by molar-refractivity contribution is 5.58. The predicted octanol–water partition coefficient (Wildman–Crippen LogP) is 4.12.